The molecule has 0 spiro atoms. The molecule has 9 heteroatoms. The van der Waals surface area contributed by atoms with Crippen LogP contribution >= 0.6 is 11.3 Å². The molecule has 0 unspecified atom stereocenters. The molecular weight excluding hydrogens is 384 g/mol. The van der Waals surface area contributed by atoms with Crippen LogP contribution in [0.1, 0.15) is 54.2 Å². The number of hydrogen-bond acceptors (Lipinski definition) is 6. The Morgan fingerprint density at radius 1 is 1.15 bits per heavy atom. The van der Waals surface area contributed by atoms with Gasteiger partial charge in [-0.15, -0.1) is 10.2 Å². The molecule has 0 aliphatic heterocycles. The van der Waals surface area contributed by atoms with E-state index in [-0.39, 0.29) is 23.8 Å². The number of anilines is 1. The fraction of sp³-hybridized carbons (Fsp3) is 0.500. The van der Waals surface area contributed by atoms with Gasteiger partial charge in [-0.3, -0.25) is 4.79 Å². The third-order valence-electron chi connectivity index (χ3n) is 4.89. The molecule has 0 saturated heterocycles. The van der Waals surface area contributed by atoms with Gasteiger partial charge < -0.3 is 5.32 Å². The first-order valence-electron chi connectivity index (χ1n) is 9.26. The zero-order valence-corrected chi connectivity index (χ0v) is 16.5. The van der Waals surface area contributed by atoms with Gasteiger partial charge in [0.25, 0.3) is 0 Å². The molecule has 2 N–H and O–H groups in total. The monoisotopic (exact) mass is 406 g/mol. The first-order chi connectivity index (χ1) is 13.0. The Balaban J connectivity index is 1.30. The average molecular weight is 407 g/mol. The van der Waals surface area contributed by atoms with Crippen molar-refractivity contribution in [1.29, 1.82) is 0 Å². The molecule has 2 aliphatic carbocycles. The molecule has 1 amide bonds. The standard InChI is InChI=1S/C18H22N4O3S2/c23-16(20-18-22-21-17(26-18)13-5-6-13)9-10-19-27(24,25)15-8-7-12-3-1-2-4-14(12)11-15/h7-8,11,13,19H,1-6,9-10H2,(H,20,22,23). The third kappa shape index (κ3) is 4.53. The van der Waals surface area contributed by atoms with Gasteiger partial charge in [-0.1, -0.05) is 17.4 Å². The smallest absolute Gasteiger partial charge is 0.240 e. The van der Waals surface area contributed by atoms with Gasteiger partial charge >= 0.3 is 0 Å². The van der Waals surface area contributed by atoms with Crippen LogP contribution in [0.15, 0.2) is 23.1 Å². The van der Waals surface area contributed by atoms with Crippen molar-refractivity contribution in [2.75, 3.05) is 11.9 Å². The van der Waals surface area contributed by atoms with Crippen LogP contribution in [0.25, 0.3) is 0 Å². The van der Waals surface area contributed by atoms with Gasteiger partial charge in [-0.05, 0) is 61.8 Å². The maximum absolute atomic E-state index is 12.5. The minimum atomic E-state index is -3.62. The summed E-state index contributed by atoms with van der Waals surface area (Å²) in [6.07, 6.45) is 6.49. The quantitative estimate of drug-likeness (QED) is 0.736. The van der Waals surface area contributed by atoms with Gasteiger partial charge in [0.2, 0.25) is 21.1 Å². The molecule has 1 heterocycles. The first kappa shape index (κ1) is 18.5. The predicted molar refractivity (Wildman–Crippen MR) is 103 cm³/mol. The Morgan fingerprint density at radius 2 is 1.93 bits per heavy atom. The van der Waals surface area contributed by atoms with Gasteiger partial charge in [-0.2, -0.15) is 0 Å². The second-order valence-electron chi connectivity index (χ2n) is 7.05. The number of sulfonamides is 1. The lowest BCUT2D eigenvalue weighted by Gasteiger charge is -2.16. The van der Waals surface area contributed by atoms with Crippen molar-refractivity contribution in [2.24, 2.45) is 0 Å². The zero-order valence-electron chi connectivity index (χ0n) is 14.9. The van der Waals surface area contributed by atoms with Crippen molar-refractivity contribution in [2.45, 2.75) is 55.8 Å². The minimum absolute atomic E-state index is 0.0412. The molecule has 0 atom stereocenters. The SMILES string of the molecule is O=C(CCNS(=O)(=O)c1ccc2c(c1)CCCC2)Nc1nnc(C2CC2)s1. The van der Waals surface area contributed by atoms with E-state index >= 15 is 0 Å². The number of aryl methyl sites for hydroxylation is 2. The van der Waals surface area contributed by atoms with Crippen molar-refractivity contribution in [3.05, 3.63) is 34.3 Å². The summed E-state index contributed by atoms with van der Waals surface area (Å²) in [6, 6.07) is 5.31. The van der Waals surface area contributed by atoms with Gasteiger partial charge in [0, 0.05) is 18.9 Å². The molecule has 4 rings (SSSR count). The van der Waals surface area contributed by atoms with Crippen LogP contribution < -0.4 is 10.0 Å². The molecule has 1 saturated carbocycles. The van der Waals surface area contributed by atoms with Crippen LogP contribution in [0.5, 0.6) is 0 Å². The van der Waals surface area contributed by atoms with E-state index in [9.17, 15) is 13.2 Å². The number of fused-ring (bicyclic) bond motifs is 1. The molecule has 27 heavy (non-hydrogen) atoms. The van der Waals surface area contributed by atoms with Crippen LogP contribution in [-0.2, 0) is 27.7 Å². The van der Waals surface area contributed by atoms with Crippen LogP contribution in [0.2, 0.25) is 0 Å². The second-order valence-corrected chi connectivity index (χ2v) is 9.83. The van der Waals surface area contributed by atoms with Crippen molar-refractivity contribution in [3.63, 3.8) is 0 Å². The van der Waals surface area contributed by atoms with E-state index in [0.29, 0.717) is 11.0 Å². The average Bonchev–Trinajstić information content (AvgIpc) is 3.41. The zero-order chi connectivity index (χ0) is 18.9. The van der Waals surface area contributed by atoms with E-state index in [2.05, 4.69) is 20.2 Å². The van der Waals surface area contributed by atoms with Gasteiger partial charge in [0.15, 0.2) is 0 Å². The van der Waals surface area contributed by atoms with E-state index in [4.69, 9.17) is 0 Å². The molecule has 7 nitrogen and oxygen atoms in total. The van der Waals surface area contributed by atoms with Gasteiger partial charge in [0.1, 0.15) is 5.01 Å². The summed E-state index contributed by atoms with van der Waals surface area (Å²) in [4.78, 5) is 12.3. The number of carbonyl (C=O) groups excluding carboxylic acids is 1. The van der Waals surface area contributed by atoms with Crippen LogP contribution in [-0.4, -0.2) is 31.1 Å². The Kier molecular flexibility index (Phi) is 5.25. The Bertz CT molecular complexity index is 951. The highest BCUT2D eigenvalue weighted by molar-refractivity contribution is 7.89. The Morgan fingerprint density at radius 3 is 2.70 bits per heavy atom. The molecule has 1 aromatic carbocycles. The van der Waals surface area contributed by atoms with Crippen LogP contribution in [0.4, 0.5) is 5.13 Å². The molecule has 2 aromatic rings. The summed E-state index contributed by atoms with van der Waals surface area (Å²) in [5.41, 5.74) is 2.35. The first-order valence-corrected chi connectivity index (χ1v) is 11.6. The summed E-state index contributed by atoms with van der Waals surface area (Å²) in [7, 11) is -3.62. The van der Waals surface area contributed by atoms with Crippen molar-refractivity contribution in [3.8, 4) is 0 Å². The fourth-order valence-corrected chi connectivity index (χ4v) is 5.23. The number of carbonyl (C=O) groups is 1. The largest absolute Gasteiger partial charge is 0.300 e. The van der Waals surface area contributed by atoms with Crippen LogP contribution in [0, 0.1) is 0 Å². The van der Waals surface area contributed by atoms with Gasteiger partial charge in [0.05, 0.1) is 4.90 Å². The van der Waals surface area contributed by atoms with E-state index in [1.54, 1.807) is 12.1 Å². The molecule has 0 bridgehead atoms. The summed E-state index contributed by atoms with van der Waals surface area (Å²) in [5.74, 6) is 0.221. The summed E-state index contributed by atoms with van der Waals surface area (Å²) in [5, 5.41) is 12.1. The van der Waals surface area contributed by atoms with Crippen molar-refractivity contribution < 1.29 is 13.2 Å². The number of nitrogens with one attached hydrogen (secondary N) is 2. The number of amides is 1. The maximum Gasteiger partial charge on any atom is 0.240 e. The number of benzene rings is 1. The molecular formula is C18H22N4O3S2. The van der Waals surface area contributed by atoms with Gasteiger partial charge in [-0.25, -0.2) is 13.1 Å². The van der Waals surface area contributed by atoms with Crippen molar-refractivity contribution in [1.82, 2.24) is 14.9 Å². The minimum Gasteiger partial charge on any atom is -0.300 e. The second kappa shape index (κ2) is 7.65. The highest BCUT2D eigenvalue weighted by Gasteiger charge is 2.27. The van der Waals surface area contributed by atoms with Crippen molar-refractivity contribution >= 4 is 32.4 Å². The van der Waals surface area contributed by atoms with Crippen LogP contribution in [0.3, 0.4) is 0 Å². The van der Waals surface area contributed by atoms with E-state index < -0.39 is 10.0 Å². The highest BCUT2D eigenvalue weighted by Crippen LogP contribution is 2.42. The van der Waals surface area contributed by atoms with E-state index in [0.717, 1.165) is 49.1 Å². The number of rotatable bonds is 7. The summed E-state index contributed by atoms with van der Waals surface area (Å²) < 4.78 is 27.5. The molecule has 1 aromatic heterocycles. The maximum atomic E-state index is 12.5. The number of hydrogen-bond donors (Lipinski definition) is 2. The Labute approximate surface area is 162 Å². The normalized spacial score (nSPS) is 16.7. The summed E-state index contributed by atoms with van der Waals surface area (Å²) >= 11 is 1.39. The fourth-order valence-electron chi connectivity index (χ4n) is 3.22. The van der Waals surface area contributed by atoms with E-state index in [1.807, 2.05) is 6.07 Å². The highest BCUT2D eigenvalue weighted by atomic mass is 32.2. The molecule has 0 radical (unpaired) electrons. The lowest BCUT2D eigenvalue weighted by molar-refractivity contribution is -0.116. The lowest BCUT2D eigenvalue weighted by atomic mass is 9.92. The lowest BCUT2D eigenvalue weighted by Crippen LogP contribution is -2.28. The van der Waals surface area contributed by atoms with E-state index in [1.165, 1.54) is 16.9 Å². The third-order valence-corrected chi connectivity index (χ3v) is 7.35. The number of aromatic nitrogens is 2. The Hall–Kier alpha value is -1.84. The topological polar surface area (TPSA) is 101 Å². The molecule has 2 aliphatic rings. The molecule has 1 fully saturated rings. The summed E-state index contributed by atoms with van der Waals surface area (Å²) in [6.45, 7) is 0.0412. The molecule has 144 valence electrons. The predicted octanol–water partition coefficient (Wildman–Crippen LogP) is 2.60. The number of nitrogens with zero attached hydrogens (tertiary/aromatic N) is 2.